The topological polar surface area (TPSA) is 98.8 Å². The highest BCUT2D eigenvalue weighted by atomic mass is 19.4. The van der Waals surface area contributed by atoms with Gasteiger partial charge in [-0.25, -0.2) is 4.79 Å². The maximum Gasteiger partial charge on any atom is 0.425 e. The van der Waals surface area contributed by atoms with Crippen molar-refractivity contribution in [3.8, 4) is 0 Å². The van der Waals surface area contributed by atoms with Gasteiger partial charge in [-0.3, -0.25) is 19.3 Å². The number of alkyl halides is 3. The summed E-state index contributed by atoms with van der Waals surface area (Å²) in [5, 5.41) is 4.36. The SMILES string of the molecule is CC(=O)N1CCC(NC(=O)CN2C(=O)NC(c3ccccc3)(C(F)(F)F)C2=O)CC1. The summed E-state index contributed by atoms with van der Waals surface area (Å²) < 4.78 is 41.7. The second-order valence-corrected chi connectivity index (χ2v) is 7.28. The summed E-state index contributed by atoms with van der Waals surface area (Å²) in [7, 11) is 0. The number of hydrogen-bond acceptors (Lipinski definition) is 4. The van der Waals surface area contributed by atoms with Crippen molar-refractivity contribution >= 4 is 23.8 Å². The van der Waals surface area contributed by atoms with E-state index in [0.717, 1.165) is 12.1 Å². The fourth-order valence-corrected chi connectivity index (χ4v) is 3.71. The second-order valence-electron chi connectivity index (χ2n) is 7.28. The van der Waals surface area contributed by atoms with Crippen molar-refractivity contribution in [2.24, 2.45) is 0 Å². The van der Waals surface area contributed by atoms with E-state index in [0.29, 0.717) is 25.9 Å². The number of nitrogens with one attached hydrogen (secondary N) is 2. The largest absolute Gasteiger partial charge is 0.425 e. The maximum absolute atomic E-state index is 13.9. The highest BCUT2D eigenvalue weighted by molar-refractivity contribution is 6.10. The Labute approximate surface area is 170 Å². The first kappa shape index (κ1) is 21.6. The molecule has 1 aromatic rings. The Balaban J connectivity index is 1.72. The molecule has 8 nitrogen and oxygen atoms in total. The Morgan fingerprint density at radius 2 is 1.77 bits per heavy atom. The second kappa shape index (κ2) is 7.96. The van der Waals surface area contributed by atoms with Crippen molar-refractivity contribution in [3.05, 3.63) is 35.9 Å². The van der Waals surface area contributed by atoms with E-state index in [9.17, 15) is 32.3 Å². The summed E-state index contributed by atoms with van der Waals surface area (Å²) in [4.78, 5) is 50.5. The zero-order valence-electron chi connectivity index (χ0n) is 16.2. The summed E-state index contributed by atoms with van der Waals surface area (Å²) in [6, 6.07) is 4.74. The highest BCUT2D eigenvalue weighted by Gasteiger charge is 2.68. The first-order valence-corrected chi connectivity index (χ1v) is 9.37. The molecule has 3 rings (SSSR count). The van der Waals surface area contributed by atoms with Gasteiger partial charge in [0.2, 0.25) is 17.4 Å². The molecule has 2 N–H and O–H groups in total. The molecule has 11 heteroatoms. The minimum absolute atomic E-state index is 0.0801. The molecule has 0 aromatic heterocycles. The number of nitrogens with zero attached hydrogens (tertiary/aromatic N) is 2. The highest BCUT2D eigenvalue weighted by Crippen LogP contribution is 2.43. The molecule has 0 radical (unpaired) electrons. The van der Waals surface area contributed by atoms with Crippen LogP contribution in [0.1, 0.15) is 25.3 Å². The van der Waals surface area contributed by atoms with Crippen LogP contribution in [0.2, 0.25) is 0 Å². The van der Waals surface area contributed by atoms with Crippen LogP contribution < -0.4 is 10.6 Å². The molecular weight excluding hydrogens is 405 g/mol. The van der Waals surface area contributed by atoms with Gasteiger partial charge < -0.3 is 15.5 Å². The molecular formula is C19H21F3N4O4. The molecule has 0 spiro atoms. The Morgan fingerprint density at radius 3 is 2.30 bits per heavy atom. The van der Waals surface area contributed by atoms with Gasteiger partial charge in [-0.15, -0.1) is 0 Å². The van der Waals surface area contributed by atoms with Crippen LogP contribution in [0.25, 0.3) is 0 Å². The van der Waals surface area contributed by atoms with E-state index in [1.807, 2.05) is 0 Å². The molecule has 0 saturated carbocycles. The summed E-state index contributed by atoms with van der Waals surface area (Å²) in [6.07, 6.45) is -4.16. The fraction of sp³-hybridized carbons (Fsp3) is 0.474. The molecule has 2 saturated heterocycles. The first-order chi connectivity index (χ1) is 14.1. The van der Waals surface area contributed by atoms with Crippen molar-refractivity contribution in [1.29, 1.82) is 0 Å². The number of amides is 5. The van der Waals surface area contributed by atoms with Gasteiger partial charge in [0.15, 0.2) is 0 Å². The van der Waals surface area contributed by atoms with Crippen LogP contribution in [0.3, 0.4) is 0 Å². The summed E-state index contributed by atoms with van der Waals surface area (Å²) in [6.45, 7) is 1.49. The molecule has 1 atom stereocenters. The van der Waals surface area contributed by atoms with Gasteiger partial charge in [-0.1, -0.05) is 30.3 Å². The third kappa shape index (κ3) is 3.83. The normalized spacial score (nSPS) is 22.8. The molecule has 2 heterocycles. The molecule has 2 aliphatic heterocycles. The molecule has 5 amide bonds. The Kier molecular flexibility index (Phi) is 5.73. The Morgan fingerprint density at radius 1 is 1.17 bits per heavy atom. The molecule has 162 valence electrons. The van der Waals surface area contributed by atoms with Gasteiger partial charge in [0.25, 0.3) is 5.91 Å². The molecule has 1 aromatic carbocycles. The van der Waals surface area contributed by atoms with Crippen LogP contribution in [-0.2, 0) is 19.9 Å². The van der Waals surface area contributed by atoms with E-state index in [2.05, 4.69) is 5.32 Å². The number of piperidine rings is 1. The minimum atomic E-state index is -5.11. The minimum Gasteiger partial charge on any atom is -0.352 e. The van der Waals surface area contributed by atoms with Crippen LogP contribution >= 0.6 is 0 Å². The van der Waals surface area contributed by atoms with Crippen LogP contribution in [-0.4, -0.2) is 65.4 Å². The van der Waals surface area contributed by atoms with E-state index in [4.69, 9.17) is 0 Å². The zero-order chi connectivity index (χ0) is 22.1. The van der Waals surface area contributed by atoms with E-state index in [1.165, 1.54) is 25.1 Å². The average molecular weight is 426 g/mol. The maximum atomic E-state index is 13.9. The number of urea groups is 1. The summed E-state index contributed by atoms with van der Waals surface area (Å²) in [5.74, 6) is -2.37. The zero-order valence-corrected chi connectivity index (χ0v) is 16.2. The predicted molar refractivity (Wildman–Crippen MR) is 97.8 cm³/mol. The molecule has 1 unspecified atom stereocenters. The molecule has 2 fully saturated rings. The first-order valence-electron chi connectivity index (χ1n) is 9.37. The van der Waals surface area contributed by atoms with Crippen molar-refractivity contribution in [2.45, 2.75) is 37.5 Å². The smallest absolute Gasteiger partial charge is 0.352 e. The van der Waals surface area contributed by atoms with Crippen molar-refractivity contribution < 1.29 is 32.3 Å². The number of benzene rings is 1. The van der Waals surface area contributed by atoms with E-state index in [1.54, 1.807) is 10.2 Å². The van der Waals surface area contributed by atoms with Gasteiger partial charge in [0.1, 0.15) is 6.54 Å². The van der Waals surface area contributed by atoms with Crippen LogP contribution in [0.15, 0.2) is 30.3 Å². The van der Waals surface area contributed by atoms with E-state index < -0.39 is 41.7 Å². The third-order valence-corrected chi connectivity index (χ3v) is 5.34. The summed E-state index contributed by atoms with van der Waals surface area (Å²) >= 11 is 0. The summed E-state index contributed by atoms with van der Waals surface area (Å²) in [5.41, 5.74) is -3.67. The number of imide groups is 1. The quantitative estimate of drug-likeness (QED) is 0.705. The molecule has 2 aliphatic rings. The van der Waals surface area contributed by atoms with Gasteiger partial charge in [-0.2, -0.15) is 13.2 Å². The van der Waals surface area contributed by atoms with Crippen LogP contribution in [0.4, 0.5) is 18.0 Å². The average Bonchev–Trinajstić information content (AvgIpc) is 2.94. The number of carbonyl (C=O) groups excluding carboxylic acids is 4. The lowest BCUT2D eigenvalue weighted by Gasteiger charge is -2.32. The standard InChI is InChI=1S/C19H21F3N4O4/c1-12(27)25-9-7-14(8-10-25)23-15(28)11-26-16(29)18(19(20,21)22,24-17(26)30)13-5-3-2-4-6-13/h2-6,14H,7-11H2,1H3,(H,23,28)(H,24,30). The Bertz CT molecular complexity index is 853. The molecule has 0 aliphatic carbocycles. The monoisotopic (exact) mass is 426 g/mol. The third-order valence-electron chi connectivity index (χ3n) is 5.34. The van der Waals surface area contributed by atoms with Crippen LogP contribution in [0, 0.1) is 0 Å². The number of rotatable bonds is 4. The fourth-order valence-electron chi connectivity index (χ4n) is 3.71. The predicted octanol–water partition coefficient (Wildman–Crippen LogP) is 1.12. The lowest BCUT2D eigenvalue weighted by atomic mass is 9.89. The van der Waals surface area contributed by atoms with Gasteiger partial charge >= 0.3 is 12.2 Å². The number of halogens is 3. The van der Waals surface area contributed by atoms with Gasteiger partial charge in [-0.05, 0) is 18.4 Å². The van der Waals surface area contributed by atoms with E-state index in [-0.39, 0.29) is 16.8 Å². The Hall–Kier alpha value is -3.11. The van der Waals surface area contributed by atoms with Gasteiger partial charge in [0, 0.05) is 26.1 Å². The lowest BCUT2D eigenvalue weighted by Crippen LogP contribution is -2.56. The molecule has 30 heavy (non-hydrogen) atoms. The lowest BCUT2D eigenvalue weighted by molar-refractivity contribution is -0.198. The van der Waals surface area contributed by atoms with Crippen molar-refractivity contribution in [3.63, 3.8) is 0 Å². The van der Waals surface area contributed by atoms with Crippen LogP contribution in [0.5, 0.6) is 0 Å². The van der Waals surface area contributed by atoms with Crippen molar-refractivity contribution in [2.75, 3.05) is 19.6 Å². The number of hydrogen-bond donors (Lipinski definition) is 2. The number of carbonyl (C=O) groups is 4. The molecule has 0 bridgehead atoms. The van der Waals surface area contributed by atoms with E-state index >= 15 is 0 Å². The van der Waals surface area contributed by atoms with Crippen molar-refractivity contribution in [1.82, 2.24) is 20.4 Å². The van der Waals surface area contributed by atoms with Gasteiger partial charge in [0.05, 0.1) is 0 Å². The number of likely N-dealkylation sites (tertiary alicyclic amines) is 1.